The van der Waals surface area contributed by atoms with Crippen molar-refractivity contribution in [2.75, 3.05) is 0 Å². The van der Waals surface area contributed by atoms with Gasteiger partial charge in [0.05, 0.1) is 17.8 Å². The SMILES string of the molecule is CCC(C)c1nn(Cc2cccc(F)c2)cc1C=O. The monoisotopic (exact) mass is 260 g/mol. The molecule has 100 valence electrons. The van der Waals surface area contributed by atoms with Crippen molar-refractivity contribution in [3.63, 3.8) is 0 Å². The summed E-state index contributed by atoms with van der Waals surface area (Å²) in [5.41, 5.74) is 2.26. The molecule has 0 fully saturated rings. The predicted octanol–water partition coefficient (Wildman–Crippen LogP) is 3.40. The molecule has 0 saturated heterocycles. The van der Waals surface area contributed by atoms with Crippen LogP contribution >= 0.6 is 0 Å². The number of carbonyl (C=O) groups is 1. The molecule has 2 aromatic rings. The fourth-order valence-electron chi connectivity index (χ4n) is 2.02. The van der Waals surface area contributed by atoms with Gasteiger partial charge in [-0.15, -0.1) is 0 Å². The third-order valence-corrected chi connectivity index (χ3v) is 3.26. The molecule has 0 aliphatic carbocycles. The fraction of sp³-hybridized carbons (Fsp3) is 0.333. The van der Waals surface area contributed by atoms with Crippen molar-refractivity contribution in [2.24, 2.45) is 0 Å². The molecule has 19 heavy (non-hydrogen) atoms. The van der Waals surface area contributed by atoms with E-state index >= 15 is 0 Å². The van der Waals surface area contributed by atoms with Crippen molar-refractivity contribution >= 4 is 6.29 Å². The third kappa shape index (κ3) is 3.08. The minimum absolute atomic E-state index is 0.244. The van der Waals surface area contributed by atoms with Crippen molar-refractivity contribution < 1.29 is 9.18 Å². The van der Waals surface area contributed by atoms with Crippen LogP contribution in [0.2, 0.25) is 0 Å². The van der Waals surface area contributed by atoms with Crippen LogP contribution in [0.15, 0.2) is 30.5 Å². The second kappa shape index (κ2) is 5.78. The number of rotatable bonds is 5. The summed E-state index contributed by atoms with van der Waals surface area (Å²) in [5.74, 6) is -0.0172. The molecule has 1 atom stereocenters. The van der Waals surface area contributed by atoms with Gasteiger partial charge in [0.2, 0.25) is 0 Å². The molecule has 0 spiro atoms. The largest absolute Gasteiger partial charge is 0.298 e. The Bertz CT molecular complexity index is 577. The first kappa shape index (κ1) is 13.5. The molecule has 0 saturated carbocycles. The highest BCUT2D eigenvalue weighted by molar-refractivity contribution is 5.76. The minimum atomic E-state index is -0.262. The number of aldehydes is 1. The number of hydrogen-bond donors (Lipinski definition) is 0. The molecule has 1 aromatic carbocycles. The highest BCUT2D eigenvalue weighted by atomic mass is 19.1. The summed E-state index contributed by atoms with van der Waals surface area (Å²) < 4.78 is 14.8. The lowest BCUT2D eigenvalue weighted by Crippen LogP contribution is -2.02. The van der Waals surface area contributed by atoms with Gasteiger partial charge in [-0.2, -0.15) is 5.10 Å². The summed E-state index contributed by atoms with van der Waals surface area (Å²) in [5, 5.41) is 4.44. The Morgan fingerprint density at radius 3 is 2.89 bits per heavy atom. The van der Waals surface area contributed by atoms with E-state index in [1.54, 1.807) is 16.9 Å². The second-order valence-corrected chi connectivity index (χ2v) is 4.72. The average molecular weight is 260 g/mol. The molecule has 0 aliphatic heterocycles. The molecule has 3 nitrogen and oxygen atoms in total. The van der Waals surface area contributed by atoms with E-state index in [0.717, 1.165) is 24.0 Å². The van der Waals surface area contributed by atoms with E-state index < -0.39 is 0 Å². The summed E-state index contributed by atoms with van der Waals surface area (Å²) in [7, 11) is 0. The van der Waals surface area contributed by atoms with E-state index in [2.05, 4.69) is 12.0 Å². The van der Waals surface area contributed by atoms with Crippen LogP contribution in [0.4, 0.5) is 4.39 Å². The molecule has 2 rings (SSSR count). The van der Waals surface area contributed by atoms with Crippen molar-refractivity contribution in [2.45, 2.75) is 32.7 Å². The van der Waals surface area contributed by atoms with Gasteiger partial charge in [-0.3, -0.25) is 9.48 Å². The Morgan fingerprint density at radius 1 is 1.47 bits per heavy atom. The summed E-state index contributed by atoms with van der Waals surface area (Å²) in [6.07, 6.45) is 3.48. The summed E-state index contributed by atoms with van der Waals surface area (Å²) in [4.78, 5) is 11.1. The van der Waals surface area contributed by atoms with Gasteiger partial charge in [-0.05, 0) is 24.1 Å². The maximum absolute atomic E-state index is 13.1. The molecule has 0 N–H and O–H groups in total. The van der Waals surface area contributed by atoms with Gasteiger partial charge in [0.25, 0.3) is 0 Å². The highest BCUT2D eigenvalue weighted by Crippen LogP contribution is 2.20. The summed E-state index contributed by atoms with van der Waals surface area (Å²) in [6.45, 7) is 4.57. The first-order valence-electron chi connectivity index (χ1n) is 6.41. The molecule has 1 aromatic heterocycles. The van der Waals surface area contributed by atoms with Gasteiger partial charge in [-0.25, -0.2) is 4.39 Å². The molecular formula is C15H17FN2O. The Labute approximate surface area is 112 Å². The zero-order chi connectivity index (χ0) is 13.8. The molecular weight excluding hydrogens is 243 g/mol. The van der Waals surface area contributed by atoms with Crippen molar-refractivity contribution in [3.05, 3.63) is 53.1 Å². The summed E-state index contributed by atoms with van der Waals surface area (Å²) >= 11 is 0. The Morgan fingerprint density at radius 2 is 2.26 bits per heavy atom. The van der Waals surface area contributed by atoms with Gasteiger partial charge < -0.3 is 0 Å². The lowest BCUT2D eigenvalue weighted by atomic mass is 10.0. The van der Waals surface area contributed by atoms with Crippen LogP contribution in [0.25, 0.3) is 0 Å². The Balaban J connectivity index is 2.26. The number of benzene rings is 1. The number of hydrogen-bond acceptors (Lipinski definition) is 2. The van der Waals surface area contributed by atoms with Crippen LogP contribution in [0.3, 0.4) is 0 Å². The lowest BCUT2D eigenvalue weighted by molar-refractivity contribution is 0.112. The topological polar surface area (TPSA) is 34.9 Å². The smallest absolute Gasteiger partial charge is 0.153 e. The van der Waals surface area contributed by atoms with Crippen LogP contribution in [0.5, 0.6) is 0 Å². The van der Waals surface area contributed by atoms with Crippen LogP contribution in [0.1, 0.15) is 47.8 Å². The van der Waals surface area contributed by atoms with Gasteiger partial charge in [0.15, 0.2) is 6.29 Å². The van der Waals surface area contributed by atoms with Gasteiger partial charge in [0.1, 0.15) is 5.82 Å². The molecule has 1 heterocycles. The number of aromatic nitrogens is 2. The Kier molecular flexibility index (Phi) is 4.10. The number of halogens is 1. The van der Waals surface area contributed by atoms with Crippen LogP contribution in [-0.2, 0) is 6.54 Å². The van der Waals surface area contributed by atoms with Gasteiger partial charge in [0, 0.05) is 12.1 Å². The maximum atomic E-state index is 13.1. The quantitative estimate of drug-likeness (QED) is 0.772. The molecule has 1 unspecified atom stereocenters. The summed E-state index contributed by atoms with van der Waals surface area (Å²) in [6, 6.07) is 6.40. The van der Waals surface area contributed by atoms with Gasteiger partial charge >= 0.3 is 0 Å². The average Bonchev–Trinajstić information content (AvgIpc) is 2.81. The zero-order valence-electron chi connectivity index (χ0n) is 11.1. The normalized spacial score (nSPS) is 12.4. The zero-order valence-corrected chi connectivity index (χ0v) is 11.1. The van der Waals surface area contributed by atoms with Crippen LogP contribution in [0, 0.1) is 5.82 Å². The molecule has 0 bridgehead atoms. The first-order chi connectivity index (χ1) is 9.13. The lowest BCUT2D eigenvalue weighted by Gasteiger charge is -2.05. The third-order valence-electron chi connectivity index (χ3n) is 3.26. The minimum Gasteiger partial charge on any atom is -0.298 e. The van der Waals surface area contributed by atoms with E-state index in [9.17, 15) is 9.18 Å². The standard InChI is InChI=1S/C15H17FN2O/c1-3-11(2)15-13(10-19)9-18(17-15)8-12-5-4-6-14(16)7-12/h4-7,9-11H,3,8H2,1-2H3. The molecule has 0 amide bonds. The first-order valence-corrected chi connectivity index (χ1v) is 6.41. The van der Waals surface area contributed by atoms with Gasteiger partial charge in [-0.1, -0.05) is 26.0 Å². The second-order valence-electron chi connectivity index (χ2n) is 4.72. The van der Waals surface area contributed by atoms with Crippen molar-refractivity contribution in [1.29, 1.82) is 0 Å². The predicted molar refractivity (Wildman–Crippen MR) is 71.8 cm³/mol. The number of nitrogens with zero attached hydrogens (tertiary/aromatic N) is 2. The van der Waals surface area contributed by atoms with Crippen LogP contribution < -0.4 is 0 Å². The maximum Gasteiger partial charge on any atom is 0.153 e. The van der Waals surface area contributed by atoms with Crippen molar-refractivity contribution in [1.82, 2.24) is 9.78 Å². The van der Waals surface area contributed by atoms with E-state index in [-0.39, 0.29) is 11.7 Å². The van der Waals surface area contributed by atoms with E-state index in [1.165, 1.54) is 12.1 Å². The van der Waals surface area contributed by atoms with Crippen molar-refractivity contribution in [3.8, 4) is 0 Å². The molecule has 0 radical (unpaired) electrons. The molecule has 0 aliphatic rings. The van der Waals surface area contributed by atoms with Crippen LogP contribution in [-0.4, -0.2) is 16.1 Å². The fourth-order valence-corrected chi connectivity index (χ4v) is 2.02. The van der Waals surface area contributed by atoms with E-state index in [0.29, 0.717) is 12.1 Å². The highest BCUT2D eigenvalue weighted by Gasteiger charge is 2.14. The Hall–Kier alpha value is -1.97. The number of carbonyl (C=O) groups excluding carboxylic acids is 1. The molecule has 4 heteroatoms. The van der Waals surface area contributed by atoms with E-state index in [4.69, 9.17) is 0 Å². The van der Waals surface area contributed by atoms with E-state index in [1.807, 2.05) is 13.0 Å².